The second kappa shape index (κ2) is 7.82. The summed E-state index contributed by atoms with van der Waals surface area (Å²) in [5.41, 5.74) is 1.98. The highest BCUT2D eigenvalue weighted by Gasteiger charge is 2.15. The number of nitrogens with zero attached hydrogens (tertiary/aromatic N) is 1. The van der Waals surface area contributed by atoms with Crippen molar-refractivity contribution in [1.82, 2.24) is 9.71 Å². The van der Waals surface area contributed by atoms with E-state index in [9.17, 15) is 13.2 Å². The molecule has 0 spiro atoms. The van der Waals surface area contributed by atoms with Gasteiger partial charge in [0.15, 0.2) is 5.13 Å². The molecule has 0 saturated carbocycles. The summed E-state index contributed by atoms with van der Waals surface area (Å²) in [6, 6.07) is 13.7. The average molecular weight is 499 g/mol. The number of amides is 1. The van der Waals surface area contributed by atoms with Gasteiger partial charge in [-0.3, -0.25) is 10.1 Å². The summed E-state index contributed by atoms with van der Waals surface area (Å²) in [4.78, 5) is 16.9. The van der Waals surface area contributed by atoms with Crippen molar-refractivity contribution >= 4 is 55.0 Å². The average Bonchev–Trinajstić information content (AvgIpc) is 3.11. The largest absolute Gasteiger partial charge is 0.298 e. The molecule has 0 radical (unpaired) electrons. The number of halogens is 1. The van der Waals surface area contributed by atoms with Crippen molar-refractivity contribution in [3.8, 4) is 11.3 Å². The third-order valence-corrected chi connectivity index (χ3v) is 6.43. The Kier molecular flexibility index (Phi) is 5.70. The van der Waals surface area contributed by atoms with E-state index in [1.807, 2.05) is 29.6 Å². The Bertz CT molecular complexity index is 1050. The maximum absolute atomic E-state index is 12.4. The van der Waals surface area contributed by atoms with Crippen molar-refractivity contribution in [1.29, 1.82) is 0 Å². The van der Waals surface area contributed by atoms with Crippen molar-refractivity contribution in [3.05, 3.63) is 63.0 Å². The lowest BCUT2D eigenvalue weighted by atomic mass is 10.2. The van der Waals surface area contributed by atoms with Crippen LogP contribution in [0.2, 0.25) is 0 Å². The SMILES string of the molecule is CNS(=O)(=O)c1cccc(C(=O)Nc2nc(-c3ccc(I)cc3)cs2)c1. The number of carbonyl (C=O) groups excluding carboxylic acids is 1. The molecule has 0 saturated heterocycles. The fourth-order valence-corrected chi connectivity index (χ4v) is 4.03. The van der Waals surface area contributed by atoms with Crippen molar-refractivity contribution in [2.75, 3.05) is 12.4 Å². The molecule has 0 aliphatic carbocycles. The Hall–Kier alpha value is -1.82. The minimum Gasteiger partial charge on any atom is -0.298 e. The Morgan fingerprint density at radius 2 is 1.88 bits per heavy atom. The van der Waals surface area contributed by atoms with Gasteiger partial charge >= 0.3 is 0 Å². The second-order valence-corrected chi connectivity index (χ2v) is 9.22. The summed E-state index contributed by atoms with van der Waals surface area (Å²) in [5.74, 6) is -0.415. The van der Waals surface area contributed by atoms with E-state index in [4.69, 9.17) is 0 Å². The number of hydrogen-bond acceptors (Lipinski definition) is 5. The number of hydrogen-bond donors (Lipinski definition) is 2. The predicted molar refractivity (Wildman–Crippen MR) is 111 cm³/mol. The molecule has 9 heteroatoms. The first-order valence-electron chi connectivity index (χ1n) is 7.45. The molecular weight excluding hydrogens is 485 g/mol. The van der Waals surface area contributed by atoms with Crippen LogP contribution in [0.15, 0.2) is 58.8 Å². The third-order valence-electron chi connectivity index (χ3n) is 3.54. The van der Waals surface area contributed by atoms with Crippen LogP contribution in [0.25, 0.3) is 11.3 Å². The highest BCUT2D eigenvalue weighted by atomic mass is 127. The topological polar surface area (TPSA) is 88.2 Å². The number of rotatable bonds is 5. The van der Waals surface area contributed by atoms with E-state index in [0.717, 1.165) is 14.8 Å². The minimum atomic E-state index is -3.61. The Labute approximate surface area is 168 Å². The highest BCUT2D eigenvalue weighted by Crippen LogP contribution is 2.26. The Morgan fingerprint density at radius 3 is 2.58 bits per heavy atom. The molecular formula is C17H14IN3O3S2. The summed E-state index contributed by atoms with van der Waals surface area (Å²) in [7, 11) is -2.28. The lowest BCUT2D eigenvalue weighted by Gasteiger charge is -2.05. The molecule has 0 fully saturated rings. The molecule has 134 valence electrons. The zero-order valence-corrected chi connectivity index (χ0v) is 17.4. The molecule has 0 unspecified atom stereocenters. The van der Waals surface area contributed by atoms with E-state index >= 15 is 0 Å². The van der Waals surface area contributed by atoms with Crippen LogP contribution in [-0.2, 0) is 10.0 Å². The summed E-state index contributed by atoms with van der Waals surface area (Å²) in [5, 5.41) is 5.02. The molecule has 0 atom stereocenters. The fourth-order valence-electron chi connectivity index (χ4n) is 2.18. The van der Waals surface area contributed by atoms with Gasteiger partial charge in [-0.15, -0.1) is 11.3 Å². The fraction of sp³-hybridized carbons (Fsp3) is 0.0588. The summed E-state index contributed by atoms with van der Waals surface area (Å²) < 4.78 is 27.1. The molecule has 1 aromatic heterocycles. The number of aromatic nitrogens is 1. The van der Waals surface area contributed by atoms with Gasteiger partial charge in [0.25, 0.3) is 5.91 Å². The van der Waals surface area contributed by atoms with Gasteiger partial charge in [-0.25, -0.2) is 18.1 Å². The van der Waals surface area contributed by atoms with Gasteiger partial charge in [0.05, 0.1) is 10.6 Å². The van der Waals surface area contributed by atoms with Gasteiger partial charge in [-0.05, 0) is 60.0 Å². The maximum atomic E-state index is 12.4. The highest BCUT2D eigenvalue weighted by molar-refractivity contribution is 14.1. The Balaban J connectivity index is 1.79. The minimum absolute atomic E-state index is 0.0337. The first-order chi connectivity index (χ1) is 12.4. The Morgan fingerprint density at radius 1 is 1.15 bits per heavy atom. The van der Waals surface area contributed by atoms with Crippen LogP contribution in [-0.4, -0.2) is 26.4 Å². The van der Waals surface area contributed by atoms with Crippen molar-refractivity contribution in [2.24, 2.45) is 0 Å². The zero-order valence-electron chi connectivity index (χ0n) is 13.6. The second-order valence-electron chi connectivity index (χ2n) is 5.23. The zero-order chi connectivity index (χ0) is 18.7. The predicted octanol–water partition coefficient (Wildman–Crippen LogP) is 3.58. The van der Waals surface area contributed by atoms with E-state index in [1.165, 1.54) is 36.6 Å². The number of anilines is 1. The quantitative estimate of drug-likeness (QED) is 0.526. The van der Waals surface area contributed by atoms with Gasteiger partial charge in [0, 0.05) is 20.1 Å². The van der Waals surface area contributed by atoms with Crippen LogP contribution in [0.4, 0.5) is 5.13 Å². The van der Waals surface area contributed by atoms with Crippen molar-refractivity contribution < 1.29 is 13.2 Å². The lowest BCUT2D eigenvalue weighted by molar-refractivity contribution is 0.102. The molecule has 0 bridgehead atoms. The summed E-state index contributed by atoms with van der Waals surface area (Å²) in [6.07, 6.45) is 0. The number of sulfonamides is 1. The standard InChI is InChI=1S/C17H14IN3O3S2/c1-19-26(23,24)14-4-2-3-12(9-14)16(22)21-17-20-15(10-25-17)11-5-7-13(18)8-6-11/h2-10,19H,1H3,(H,20,21,22). The third kappa shape index (κ3) is 4.29. The van der Waals surface area contributed by atoms with E-state index in [2.05, 4.69) is 37.6 Å². The molecule has 1 heterocycles. The molecule has 3 aromatic rings. The van der Waals surface area contributed by atoms with Crippen LogP contribution < -0.4 is 10.0 Å². The van der Waals surface area contributed by atoms with Crippen LogP contribution >= 0.6 is 33.9 Å². The monoisotopic (exact) mass is 499 g/mol. The van der Waals surface area contributed by atoms with E-state index in [-0.39, 0.29) is 10.5 Å². The van der Waals surface area contributed by atoms with E-state index in [1.54, 1.807) is 6.07 Å². The smallest absolute Gasteiger partial charge is 0.257 e. The van der Waals surface area contributed by atoms with Crippen LogP contribution in [0.1, 0.15) is 10.4 Å². The van der Waals surface area contributed by atoms with Crippen molar-refractivity contribution in [3.63, 3.8) is 0 Å². The van der Waals surface area contributed by atoms with Crippen LogP contribution in [0.3, 0.4) is 0 Å². The molecule has 0 aliphatic heterocycles. The molecule has 0 aliphatic rings. The van der Waals surface area contributed by atoms with E-state index < -0.39 is 15.9 Å². The van der Waals surface area contributed by atoms with Gasteiger partial charge in [-0.1, -0.05) is 18.2 Å². The van der Waals surface area contributed by atoms with Crippen LogP contribution in [0, 0.1) is 3.57 Å². The van der Waals surface area contributed by atoms with Gasteiger partial charge in [0.1, 0.15) is 0 Å². The molecule has 26 heavy (non-hydrogen) atoms. The normalized spacial score (nSPS) is 11.3. The number of carbonyl (C=O) groups is 1. The van der Waals surface area contributed by atoms with Gasteiger partial charge < -0.3 is 0 Å². The van der Waals surface area contributed by atoms with E-state index in [0.29, 0.717) is 5.13 Å². The van der Waals surface area contributed by atoms with Crippen molar-refractivity contribution in [2.45, 2.75) is 4.90 Å². The van der Waals surface area contributed by atoms with Gasteiger partial charge in [-0.2, -0.15) is 0 Å². The molecule has 2 N–H and O–H groups in total. The molecule has 2 aromatic carbocycles. The molecule has 1 amide bonds. The number of thiazole rings is 1. The summed E-state index contributed by atoms with van der Waals surface area (Å²) >= 11 is 3.54. The molecule has 6 nitrogen and oxygen atoms in total. The maximum Gasteiger partial charge on any atom is 0.257 e. The summed E-state index contributed by atoms with van der Waals surface area (Å²) in [6.45, 7) is 0. The first kappa shape index (κ1) is 19.0. The van der Waals surface area contributed by atoms with Crippen LogP contribution in [0.5, 0.6) is 0 Å². The number of nitrogens with one attached hydrogen (secondary N) is 2. The van der Waals surface area contributed by atoms with Gasteiger partial charge in [0.2, 0.25) is 10.0 Å². The first-order valence-corrected chi connectivity index (χ1v) is 10.9. The number of benzene rings is 2. The molecule has 3 rings (SSSR count). The lowest BCUT2D eigenvalue weighted by Crippen LogP contribution is -2.19.